The molecule has 1 aromatic heterocycles. The van der Waals surface area contributed by atoms with Gasteiger partial charge in [0.15, 0.2) is 0 Å². The van der Waals surface area contributed by atoms with Crippen LogP contribution in [0.15, 0.2) is 22.5 Å². The molecule has 108 valence electrons. The van der Waals surface area contributed by atoms with Gasteiger partial charge in [0.1, 0.15) is 10.5 Å². The zero-order valence-corrected chi connectivity index (χ0v) is 14.0. The maximum atomic E-state index is 6.38. The van der Waals surface area contributed by atoms with Crippen molar-refractivity contribution in [3.8, 4) is 0 Å². The Morgan fingerprint density at radius 2 is 2.15 bits per heavy atom. The Balaban J connectivity index is 0.00000147. The topological polar surface area (TPSA) is 37.8 Å². The Morgan fingerprint density at radius 1 is 1.30 bits per heavy atom. The summed E-state index contributed by atoms with van der Waals surface area (Å²) < 4.78 is 0. The summed E-state index contributed by atoms with van der Waals surface area (Å²) in [6.45, 7) is 2.08. The molecule has 1 aliphatic rings. The molecular formula is C13H15Cl2N3S2. The van der Waals surface area contributed by atoms with Crippen LogP contribution < -0.4 is 5.32 Å². The molecule has 2 heterocycles. The number of rotatable bonds is 3. The van der Waals surface area contributed by atoms with Gasteiger partial charge in [-0.1, -0.05) is 17.7 Å². The zero-order valence-electron chi connectivity index (χ0n) is 10.8. The first-order valence-electron chi connectivity index (χ1n) is 6.23. The highest BCUT2D eigenvalue weighted by atomic mass is 35.5. The third-order valence-electron chi connectivity index (χ3n) is 3.18. The predicted molar refractivity (Wildman–Crippen MR) is 88.4 cm³/mol. The number of hydrogen-bond acceptors (Lipinski definition) is 5. The van der Waals surface area contributed by atoms with E-state index in [0.29, 0.717) is 0 Å². The molecule has 3 nitrogen and oxygen atoms in total. The third kappa shape index (κ3) is 3.65. The Kier molecular flexibility index (Phi) is 6.11. The Bertz CT molecular complexity index is 561. The van der Waals surface area contributed by atoms with Gasteiger partial charge in [0.05, 0.1) is 10.8 Å². The molecule has 0 aliphatic carbocycles. The summed E-state index contributed by atoms with van der Waals surface area (Å²) >= 11 is 9.75. The van der Waals surface area contributed by atoms with Crippen LogP contribution in [0, 0.1) is 0 Å². The van der Waals surface area contributed by atoms with Gasteiger partial charge in [-0.25, -0.2) is 0 Å². The average molecular weight is 348 g/mol. The first-order chi connectivity index (χ1) is 9.34. The van der Waals surface area contributed by atoms with Crippen molar-refractivity contribution >= 4 is 47.1 Å². The van der Waals surface area contributed by atoms with E-state index in [2.05, 4.69) is 21.6 Å². The zero-order chi connectivity index (χ0) is 13.1. The second-order valence-electron chi connectivity index (χ2n) is 4.39. The quantitative estimate of drug-likeness (QED) is 0.861. The normalized spacial score (nSPS) is 14.2. The van der Waals surface area contributed by atoms with E-state index in [4.69, 9.17) is 11.6 Å². The lowest BCUT2D eigenvalue weighted by atomic mass is 10.0. The first-order valence-corrected chi connectivity index (χ1v) is 8.48. The van der Waals surface area contributed by atoms with Crippen molar-refractivity contribution in [2.75, 3.05) is 13.1 Å². The van der Waals surface area contributed by atoms with Gasteiger partial charge in [0.25, 0.3) is 0 Å². The highest BCUT2D eigenvalue weighted by Crippen LogP contribution is 2.36. The van der Waals surface area contributed by atoms with Crippen LogP contribution in [0.2, 0.25) is 5.02 Å². The molecule has 0 fully saturated rings. The standard InChI is InChI=1S/C13H14ClN3S2.ClH/c14-11-2-1-9-3-5-15-6-4-10(9)13(11)18-7-12-17-16-8-19-12;/h1-2,8,15H,3-7H2;1H. The second kappa shape index (κ2) is 7.61. The minimum absolute atomic E-state index is 0. The van der Waals surface area contributed by atoms with Gasteiger partial charge in [-0.3, -0.25) is 0 Å². The Hall–Kier alpha value is -0.330. The summed E-state index contributed by atoms with van der Waals surface area (Å²) in [5.41, 5.74) is 4.61. The molecule has 0 atom stereocenters. The monoisotopic (exact) mass is 347 g/mol. The molecule has 2 aromatic rings. The van der Waals surface area contributed by atoms with Crippen molar-refractivity contribution < 1.29 is 0 Å². The van der Waals surface area contributed by atoms with Gasteiger partial charge in [-0.05, 0) is 43.1 Å². The largest absolute Gasteiger partial charge is 0.316 e. The number of nitrogens with zero attached hydrogens (tertiary/aromatic N) is 2. The minimum atomic E-state index is 0. The van der Waals surface area contributed by atoms with Crippen molar-refractivity contribution in [3.63, 3.8) is 0 Å². The molecule has 3 rings (SSSR count). The summed E-state index contributed by atoms with van der Waals surface area (Å²) in [7, 11) is 0. The molecule has 1 N–H and O–H groups in total. The molecule has 0 saturated carbocycles. The Morgan fingerprint density at radius 3 is 2.95 bits per heavy atom. The summed E-state index contributed by atoms with van der Waals surface area (Å²) in [5, 5.41) is 13.3. The van der Waals surface area contributed by atoms with Gasteiger partial charge in [0.2, 0.25) is 0 Å². The number of aromatic nitrogens is 2. The lowest BCUT2D eigenvalue weighted by Gasteiger charge is -2.13. The van der Waals surface area contributed by atoms with Crippen molar-refractivity contribution in [3.05, 3.63) is 38.8 Å². The predicted octanol–water partition coefficient (Wildman–Crippen LogP) is 3.59. The van der Waals surface area contributed by atoms with Gasteiger partial charge in [0, 0.05) is 4.90 Å². The van der Waals surface area contributed by atoms with Gasteiger partial charge in [-0.2, -0.15) is 0 Å². The van der Waals surface area contributed by atoms with E-state index in [1.54, 1.807) is 28.6 Å². The second-order valence-corrected chi connectivity index (χ2v) is 6.70. The van der Waals surface area contributed by atoms with Crippen LogP contribution in [0.5, 0.6) is 0 Å². The fourth-order valence-electron chi connectivity index (χ4n) is 2.26. The van der Waals surface area contributed by atoms with Crippen LogP contribution >= 0.6 is 47.1 Å². The van der Waals surface area contributed by atoms with Crippen LogP contribution in [0.3, 0.4) is 0 Å². The van der Waals surface area contributed by atoms with Gasteiger partial charge >= 0.3 is 0 Å². The van der Waals surface area contributed by atoms with E-state index in [1.165, 1.54) is 16.0 Å². The van der Waals surface area contributed by atoms with Crippen molar-refractivity contribution in [1.82, 2.24) is 15.5 Å². The number of fused-ring (bicyclic) bond motifs is 1. The minimum Gasteiger partial charge on any atom is -0.316 e. The van der Waals surface area contributed by atoms with E-state index in [9.17, 15) is 0 Å². The first kappa shape index (κ1) is 16.0. The highest BCUT2D eigenvalue weighted by Gasteiger charge is 2.15. The number of nitrogens with one attached hydrogen (secondary N) is 1. The van der Waals surface area contributed by atoms with Gasteiger partial charge in [-0.15, -0.1) is 45.7 Å². The van der Waals surface area contributed by atoms with E-state index >= 15 is 0 Å². The lowest BCUT2D eigenvalue weighted by Crippen LogP contribution is -2.16. The molecule has 0 saturated heterocycles. The van der Waals surface area contributed by atoms with Gasteiger partial charge < -0.3 is 5.32 Å². The van der Waals surface area contributed by atoms with Crippen LogP contribution in [0.1, 0.15) is 16.1 Å². The van der Waals surface area contributed by atoms with Crippen LogP contribution in [-0.2, 0) is 18.6 Å². The molecule has 20 heavy (non-hydrogen) atoms. The third-order valence-corrected chi connectivity index (χ3v) is 5.66. The van der Waals surface area contributed by atoms with E-state index in [1.807, 2.05) is 6.07 Å². The molecule has 0 bridgehead atoms. The SMILES string of the molecule is Cl.Clc1ccc2c(c1SCc1nncs1)CCNCC2. The van der Waals surface area contributed by atoms with Crippen molar-refractivity contribution in [1.29, 1.82) is 0 Å². The summed E-state index contributed by atoms with van der Waals surface area (Å²) in [5.74, 6) is 0.842. The fourth-order valence-corrected chi connectivity index (χ4v) is 4.30. The van der Waals surface area contributed by atoms with Crippen LogP contribution in [0.25, 0.3) is 0 Å². The lowest BCUT2D eigenvalue weighted by molar-refractivity contribution is 0.709. The number of halogens is 2. The maximum Gasteiger partial charge on any atom is 0.127 e. The number of hydrogen-bond donors (Lipinski definition) is 1. The fraction of sp³-hybridized carbons (Fsp3) is 0.385. The number of thioether (sulfide) groups is 1. The van der Waals surface area contributed by atoms with E-state index in [0.717, 1.165) is 41.7 Å². The molecule has 1 aliphatic heterocycles. The number of benzene rings is 1. The summed E-state index contributed by atoms with van der Waals surface area (Å²) in [6.07, 6.45) is 2.13. The molecule has 0 unspecified atom stereocenters. The van der Waals surface area contributed by atoms with Crippen LogP contribution in [0.4, 0.5) is 0 Å². The molecule has 0 radical (unpaired) electrons. The smallest absolute Gasteiger partial charge is 0.127 e. The highest BCUT2D eigenvalue weighted by molar-refractivity contribution is 7.98. The summed E-state index contributed by atoms with van der Waals surface area (Å²) in [6, 6.07) is 4.19. The van der Waals surface area contributed by atoms with E-state index in [-0.39, 0.29) is 12.4 Å². The average Bonchev–Trinajstić information content (AvgIpc) is 2.82. The maximum absolute atomic E-state index is 6.38. The summed E-state index contributed by atoms with van der Waals surface area (Å²) in [4.78, 5) is 1.22. The van der Waals surface area contributed by atoms with Crippen LogP contribution in [-0.4, -0.2) is 23.3 Å². The molecule has 0 amide bonds. The molecule has 0 spiro atoms. The van der Waals surface area contributed by atoms with Crippen molar-refractivity contribution in [2.24, 2.45) is 0 Å². The molecule has 1 aromatic carbocycles. The molecular weight excluding hydrogens is 333 g/mol. The Labute approximate surface area is 137 Å². The van der Waals surface area contributed by atoms with Crippen molar-refractivity contribution in [2.45, 2.75) is 23.5 Å². The van der Waals surface area contributed by atoms with E-state index < -0.39 is 0 Å². The molecule has 7 heteroatoms.